The first-order chi connectivity index (χ1) is 6.22. The second-order valence-electron chi connectivity index (χ2n) is 3.49. The quantitative estimate of drug-likeness (QED) is 0.735. The summed E-state index contributed by atoms with van der Waals surface area (Å²) in [5.74, 6) is 0. The van der Waals surface area contributed by atoms with Gasteiger partial charge >= 0.3 is 0 Å². The third-order valence-electron chi connectivity index (χ3n) is 2.09. The maximum atomic E-state index is 8.83. The Labute approximate surface area is 79.4 Å². The molecule has 0 fully saturated rings. The first kappa shape index (κ1) is 10.2. The predicted octanol–water partition coefficient (Wildman–Crippen LogP) is 1.46. The van der Waals surface area contributed by atoms with Crippen LogP contribution < -0.4 is 5.73 Å². The molecule has 0 aliphatic heterocycles. The molecule has 1 aromatic carbocycles. The summed E-state index contributed by atoms with van der Waals surface area (Å²) in [5.41, 5.74) is 7.91. The van der Waals surface area contributed by atoms with Crippen molar-refractivity contribution in [2.24, 2.45) is 5.73 Å². The van der Waals surface area contributed by atoms with Crippen LogP contribution in [0.4, 0.5) is 0 Å². The van der Waals surface area contributed by atoms with Crippen molar-refractivity contribution in [2.75, 3.05) is 0 Å². The SMILES string of the molecule is CC(N)CCc1ccc(CO)cc1. The van der Waals surface area contributed by atoms with Crippen LogP contribution in [0.25, 0.3) is 0 Å². The smallest absolute Gasteiger partial charge is 0.0681 e. The summed E-state index contributed by atoms with van der Waals surface area (Å²) in [6.45, 7) is 2.13. The molecule has 0 saturated carbocycles. The van der Waals surface area contributed by atoms with Crippen molar-refractivity contribution >= 4 is 0 Å². The van der Waals surface area contributed by atoms with Gasteiger partial charge in [0.2, 0.25) is 0 Å². The second kappa shape index (κ2) is 5.00. The van der Waals surface area contributed by atoms with Gasteiger partial charge in [-0.05, 0) is 30.9 Å². The van der Waals surface area contributed by atoms with E-state index in [1.54, 1.807) is 0 Å². The fraction of sp³-hybridized carbons (Fsp3) is 0.455. The molecule has 0 heterocycles. The van der Waals surface area contributed by atoms with Gasteiger partial charge in [0.05, 0.1) is 6.61 Å². The molecule has 1 aromatic rings. The van der Waals surface area contributed by atoms with E-state index in [1.165, 1.54) is 5.56 Å². The molecule has 2 nitrogen and oxygen atoms in total. The fourth-order valence-electron chi connectivity index (χ4n) is 1.21. The minimum absolute atomic E-state index is 0.119. The number of hydrogen-bond acceptors (Lipinski definition) is 2. The predicted molar refractivity (Wildman–Crippen MR) is 54.3 cm³/mol. The number of benzene rings is 1. The van der Waals surface area contributed by atoms with Gasteiger partial charge in [-0.15, -0.1) is 0 Å². The molecule has 1 rings (SSSR count). The highest BCUT2D eigenvalue weighted by Gasteiger charge is 1.96. The van der Waals surface area contributed by atoms with Crippen LogP contribution >= 0.6 is 0 Å². The van der Waals surface area contributed by atoms with Gasteiger partial charge in [0.15, 0.2) is 0 Å². The third-order valence-corrected chi connectivity index (χ3v) is 2.09. The molecular weight excluding hydrogens is 162 g/mol. The zero-order valence-corrected chi connectivity index (χ0v) is 8.03. The highest BCUT2D eigenvalue weighted by atomic mass is 16.3. The monoisotopic (exact) mass is 179 g/mol. The Bertz CT molecular complexity index is 241. The summed E-state index contributed by atoms with van der Waals surface area (Å²) in [7, 11) is 0. The lowest BCUT2D eigenvalue weighted by molar-refractivity contribution is 0.282. The molecule has 2 heteroatoms. The molecule has 72 valence electrons. The van der Waals surface area contributed by atoms with E-state index in [9.17, 15) is 0 Å². The number of rotatable bonds is 4. The second-order valence-corrected chi connectivity index (χ2v) is 3.49. The first-order valence-electron chi connectivity index (χ1n) is 4.66. The first-order valence-corrected chi connectivity index (χ1v) is 4.66. The topological polar surface area (TPSA) is 46.2 Å². The van der Waals surface area contributed by atoms with E-state index in [0.717, 1.165) is 18.4 Å². The van der Waals surface area contributed by atoms with E-state index in [0.29, 0.717) is 0 Å². The van der Waals surface area contributed by atoms with Gasteiger partial charge in [0.1, 0.15) is 0 Å². The zero-order valence-electron chi connectivity index (χ0n) is 8.03. The van der Waals surface area contributed by atoms with Crippen LogP contribution in [0.15, 0.2) is 24.3 Å². The molecule has 0 aliphatic carbocycles. The molecule has 3 N–H and O–H groups in total. The maximum absolute atomic E-state index is 8.83. The Balaban J connectivity index is 2.49. The Hall–Kier alpha value is -0.860. The van der Waals surface area contributed by atoms with E-state index in [-0.39, 0.29) is 12.6 Å². The average molecular weight is 179 g/mol. The van der Waals surface area contributed by atoms with Gasteiger partial charge in [0, 0.05) is 6.04 Å². The summed E-state index contributed by atoms with van der Waals surface area (Å²) in [6.07, 6.45) is 2.03. The third kappa shape index (κ3) is 3.57. The van der Waals surface area contributed by atoms with E-state index in [4.69, 9.17) is 10.8 Å². The van der Waals surface area contributed by atoms with Crippen molar-refractivity contribution in [2.45, 2.75) is 32.4 Å². The van der Waals surface area contributed by atoms with Crippen molar-refractivity contribution in [3.63, 3.8) is 0 Å². The van der Waals surface area contributed by atoms with E-state index in [2.05, 4.69) is 0 Å². The molecule has 0 aliphatic rings. The Morgan fingerprint density at radius 3 is 2.23 bits per heavy atom. The molecule has 0 aromatic heterocycles. The summed E-state index contributed by atoms with van der Waals surface area (Å²) < 4.78 is 0. The molecule has 13 heavy (non-hydrogen) atoms. The van der Waals surface area contributed by atoms with Crippen LogP contribution in [0.2, 0.25) is 0 Å². The number of nitrogens with two attached hydrogens (primary N) is 1. The summed E-state index contributed by atoms with van der Waals surface area (Å²) in [4.78, 5) is 0. The minimum Gasteiger partial charge on any atom is -0.392 e. The Morgan fingerprint density at radius 2 is 1.77 bits per heavy atom. The number of aliphatic hydroxyl groups is 1. The normalized spacial score (nSPS) is 12.8. The molecule has 1 atom stereocenters. The van der Waals surface area contributed by atoms with Crippen molar-refractivity contribution < 1.29 is 5.11 Å². The van der Waals surface area contributed by atoms with Crippen molar-refractivity contribution in [1.82, 2.24) is 0 Å². The van der Waals surface area contributed by atoms with Crippen LogP contribution in [0.3, 0.4) is 0 Å². The molecule has 0 radical (unpaired) electrons. The van der Waals surface area contributed by atoms with E-state index in [1.807, 2.05) is 31.2 Å². The van der Waals surface area contributed by atoms with Crippen LogP contribution in [0, 0.1) is 0 Å². The van der Waals surface area contributed by atoms with Crippen molar-refractivity contribution in [3.8, 4) is 0 Å². The molecule has 0 amide bonds. The highest BCUT2D eigenvalue weighted by molar-refractivity contribution is 5.22. The molecular formula is C11H17NO. The largest absolute Gasteiger partial charge is 0.392 e. The van der Waals surface area contributed by atoms with Gasteiger partial charge in [-0.3, -0.25) is 0 Å². The summed E-state index contributed by atoms with van der Waals surface area (Å²) in [6, 6.07) is 8.27. The Kier molecular flexibility index (Phi) is 3.93. The highest BCUT2D eigenvalue weighted by Crippen LogP contribution is 2.07. The van der Waals surface area contributed by atoms with Crippen LogP contribution in [-0.2, 0) is 13.0 Å². The molecule has 0 bridgehead atoms. The van der Waals surface area contributed by atoms with Gasteiger partial charge in [0.25, 0.3) is 0 Å². The van der Waals surface area contributed by atoms with E-state index >= 15 is 0 Å². The van der Waals surface area contributed by atoms with Crippen LogP contribution in [0.1, 0.15) is 24.5 Å². The van der Waals surface area contributed by atoms with Gasteiger partial charge < -0.3 is 10.8 Å². The van der Waals surface area contributed by atoms with E-state index < -0.39 is 0 Å². The average Bonchev–Trinajstić information content (AvgIpc) is 2.15. The lowest BCUT2D eigenvalue weighted by atomic mass is 10.1. The minimum atomic E-state index is 0.119. The lowest BCUT2D eigenvalue weighted by Crippen LogP contribution is -2.15. The molecule has 0 spiro atoms. The van der Waals surface area contributed by atoms with Gasteiger partial charge in [-0.1, -0.05) is 24.3 Å². The van der Waals surface area contributed by atoms with Crippen LogP contribution in [-0.4, -0.2) is 11.1 Å². The lowest BCUT2D eigenvalue weighted by Gasteiger charge is -2.05. The Morgan fingerprint density at radius 1 is 1.23 bits per heavy atom. The molecule has 0 saturated heterocycles. The number of aliphatic hydroxyl groups excluding tert-OH is 1. The fourth-order valence-corrected chi connectivity index (χ4v) is 1.21. The molecule has 1 unspecified atom stereocenters. The van der Waals surface area contributed by atoms with Crippen molar-refractivity contribution in [3.05, 3.63) is 35.4 Å². The number of aryl methyl sites for hydroxylation is 1. The van der Waals surface area contributed by atoms with Crippen LogP contribution in [0.5, 0.6) is 0 Å². The summed E-state index contributed by atoms with van der Waals surface area (Å²) in [5, 5.41) is 8.83. The summed E-state index contributed by atoms with van der Waals surface area (Å²) >= 11 is 0. The number of hydrogen-bond donors (Lipinski definition) is 2. The van der Waals surface area contributed by atoms with Gasteiger partial charge in [-0.25, -0.2) is 0 Å². The van der Waals surface area contributed by atoms with Gasteiger partial charge in [-0.2, -0.15) is 0 Å². The zero-order chi connectivity index (χ0) is 9.68. The van der Waals surface area contributed by atoms with Crippen molar-refractivity contribution in [1.29, 1.82) is 0 Å². The maximum Gasteiger partial charge on any atom is 0.0681 e. The standard InChI is InChI=1S/C11H17NO/c1-9(12)2-3-10-4-6-11(8-13)7-5-10/h4-7,9,13H,2-3,8,12H2,1H3.